The van der Waals surface area contributed by atoms with Crippen LogP contribution in [0.3, 0.4) is 0 Å². The van der Waals surface area contributed by atoms with Crippen molar-refractivity contribution in [1.29, 1.82) is 0 Å². The molecule has 0 spiro atoms. The summed E-state index contributed by atoms with van der Waals surface area (Å²) in [7, 11) is 0. The number of aryl methyl sites for hydroxylation is 2. The maximum atomic E-state index is 14.0. The molecular formula is C39H40N2O4S. The second-order valence-electron chi connectivity index (χ2n) is 11.3. The summed E-state index contributed by atoms with van der Waals surface area (Å²) in [5.41, 5.74) is 5.12. The zero-order chi connectivity index (χ0) is 32.5. The predicted molar refractivity (Wildman–Crippen MR) is 188 cm³/mol. The third-order valence-electron chi connectivity index (χ3n) is 8.18. The Hall–Kier alpha value is -4.49. The Balaban J connectivity index is 1.45. The molecule has 0 radical (unpaired) electrons. The lowest BCUT2D eigenvalue weighted by molar-refractivity contribution is -0.143. The lowest BCUT2D eigenvalue weighted by Gasteiger charge is -2.08. The first kappa shape index (κ1) is 32.9. The van der Waals surface area contributed by atoms with Crippen molar-refractivity contribution in [1.82, 2.24) is 4.57 Å². The standard InChI is InChI=1S/C39H40N2O4S/c1-4-7-9-14-37(42)45-40-34(23-24-46-31-19-15-27(5-2)16-20-31)39(44)30-18-22-36-33(26-30)32-25-29(17-21-35(32)41(36)6-3)38(43)28-12-10-8-11-13-28/h8,10-13,15-22,25-26H,4-7,9,14,23-24H2,1-3H3/b40-34+. The third-order valence-corrected chi connectivity index (χ3v) is 9.20. The van der Waals surface area contributed by atoms with Crippen LogP contribution in [0, 0.1) is 0 Å². The molecule has 5 rings (SSSR count). The highest BCUT2D eigenvalue weighted by molar-refractivity contribution is 7.99. The molecule has 4 aromatic carbocycles. The van der Waals surface area contributed by atoms with E-state index in [1.807, 2.05) is 60.7 Å². The van der Waals surface area contributed by atoms with Gasteiger partial charge in [0.1, 0.15) is 5.71 Å². The second kappa shape index (κ2) is 15.7. The van der Waals surface area contributed by atoms with Crippen molar-refractivity contribution in [2.24, 2.45) is 5.16 Å². The fourth-order valence-corrected chi connectivity index (χ4v) is 6.47. The Labute approximate surface area is 274 Å². The minimum absolute atomic E-state index is 0.0517. The number of oxime groups is 1. The van der Waals surface area contributed by atoms with E-state index in [0.29, 0.717) is 28.9 Å². The Morgan fingerprint density at radius 3 is 2.07 bits per heavy atom. The van der Waals surface area contributed by atoms with Gasteiger partial charge in [-0.25, -0.2) is 4.79 Å². The second-order valence-corrected chi connectivity index (χ2v) is 12.5. The molecule has 0 aliphatic rings. The van der Waals surface area contributed by atoms with Crippen LogP contribution in [-0.4, -0.2) is 33.6 Å². The van der Waals surface area contributed by atoms with E-state index in [9.17, 15) is 14.4 Å². The minimum Gasteiger partial charge on any atom is -0.341 e. The highest BCUT2D eigenvalue weighted by Gasteiger charge is 2.20. The molecule has 6 nitrogen and oxygen atoms in total. The monoisotopic (exact) mass is 632 g/mol. The Kier molecular flexibility index (Phi) is 11.2. The number of aromatic nitrogens is 1. The number of ketones is 2. The molecule has 0 saturated carbocycles. The van der Waals surface area contributed by atoms with Crippen LogP contribution in [0.15, 0.2) is 101 Å². The van der Waals surface area contributed by atoms with Gasteiger partial charge in [-0.3, -0.25) is 9.59 Å². The van der Waals surface area contributed by atoms with Gasteiger partial charge in [0, 0.05) is 68.5 Å². The zero-order valence-electron chi connectivity index (χ0n) is 26.8. The summed E-state index contributed by atoms with van der Waals surface area (Å²) in [4.78, 5) is 46.0. The zero-order valence-corrected chi connectivity index (χ0v) is 27.6. The molecule has 0 unspecified atom stereocenters. The van der Waals surface area contributed by atoms with E-state index in [0.717, 1.165) is 58.9 Å². The van der Waals surface area contributed by atoms with Gasteiger partial charge in [0.05, 0.1) is 0 Å². The lowest BCUT2D eigenvalue weighted by Crippen LogP contribution is -2.17. The number of carbonyl (C=O) groups excluding carboxylic acids is 3. The molecule has 0 saturated heterocycles. The number of carbonyl (C=O) groups is 3. The molecule has 0 aliphatic heterocycles. The number of fused-ring (bicyclic) bond motifs is 3. The van der Waals surface area contributed by atoms with Gasteiger partial charge in [0.25, 0.3) is 0 Å². The molecule has 236 valence electrons. The fourth-order valence-electron chi connectivity index (χ4n) is 5.61. The van der Waals surface area contributed by atoms with Gasteiger partial charge < -0.3 is 9.40 Å². The number of hydrogen-bond donors (Lipinski definition) is 0. The Morgan fingerprint density at radius 2 is 1.41 bits per heavy atom. The van der Waals surface area contributed by atoms with Gasteiger partial charge in [-0.2, -0.15) is 0 Å². The molecule has 7 heteroatoms. The average Bonchev–Trinajstić information content (AvgIpc) is 3.42. The summed E-state index contributed by atoms with van der Waals surface area (Å²) >= 11 is 1.64. The van der Waals surface area contributed by atoms with Crippen LogP contribution in [0.5, 0.6) is 0 Å². The van der Waals surface area contributed by atoms with Crippen LogP contribution in [0.25, 0.3) is 21.8 Å². The van der Waals surface area contributed by atoms with Crippen LogP contribution in [-0.2, 0) is 22.6 Å². The smallest absolute Gasteiger partial charge is 0.335 e. The number of unbranched alkanes of at least 4 members (excludes halogenated alkanes) is 2. The van der Waals surface area contributed by atoms with Crippen molar-refractivity contribution >= 4 is 56.8 Å². The molecule has 0 N–H and O–H groups in total. The van der Waals surface area contributed by atoms with Crippen molar-refractivity contribution in [2.45, 2.75) is 70.7 Å². The van der Waals surface area contributed by atoms with Crippen molar-refractivity contribution in [3.8, 4) is 0 Å². The molecule has 1 heterocycles. The first-order valence-electron chi connectivity index (χ1n) is 16.1. The Morgan fingerprint density at radius 1 is 0.739 bits per heavy atom. The fraction of sp³-hybridized carbons (Fsp3) is 0.282. The van der Waals surface area contributed by atoms with Gasteiger partial charge in [0.15, 0.2) is 5.78 Å². The molecule has 0 aliphatic carbocycles. The molecular weight excluding hydrogens is 593 g/mol. The number of benzene rings is 4. The van der Waals surface area contributed by atoms with Gasteiger partial charge in [-0.1, -0.05) is 74.3 Å². The number of Topliss-reactive ketones (excluding diaryl/α,β-unsaturated/α-hetero) is 1. The molecule has 0 amide bonds. The predicted octanol–water partition coefficient (Wildman–Crippen LogP) is 9.45. The van der Waals surface area contributed by atoms with E-state index in [1.54, 1.807) is 17.8 Å². The minimum atomic E-state index is -0.432. The first-order chi connectivity index (χ1) is 22.4. The van der Waals surface area contributed by atoms with Crippen LogP contribution in [0.1, 0.15) is 84.7 Å². The SMILES string of the molecule is CCCCCC(=O)O/N=C(\CCSc1ccc(CC)cc1)C(=O)c1ccc2c(c1)c1cc(C(=O)c3ccccc3)ccc1n2CC. The number of hydrogen-bond acceptors (Lipinski definition) is 6. The molecule has 5 aromatic rings. The molecule has 0 bridgehead atoms. The lowest BCUT2D eigenvalue weighted by atomic mass is 9.99. The third kappa shape index (κ3) is 7.65. The molecule has 0 atom stereocenters. The van der Waals surface area contributed by atoms with Crippen LogP contribution in [0.4, 0.5) is 0 Å². The Bertz CT molecular complexity index is 1870. The normalized spacial score (nSPS) is 11.7. The summed E-state index contributed by atoms with van der Waals surface area (Å²) in [6, 6.07) is 29.0. The molecule has 0 fully saturated rings. The van der Waals surface area contributed by atoms with E-state index in [1.165, 1.54) is 5.56 Å². The molecule has 1 aromatic heterocycles. The largest absolute Gasteiger partial charge is 0.341 e. The highest BCUT2D eigenvalue weighted by Crippen LogP contribution is 2.32. The summed E-state index contributed by atoms with van der Waals surface area (Å²) < 4.78 is 2.18. The summed E-state index contributed by atoms with van der Waals surface area (Å²) in [5, 5.41) is 5.91. The van der Waals surface area contributed by atoms with Gasteiger partial charge >= 0.3 is 5.97 Å². The van der Waals surface area contributed by atoms with Gasteiger partial charge in [-0.05, 0) is 73.9 Å². The van der Waals surface area contributed by atoms with Gasteiger partial charge in [-0.15, -0.1) is 11.8 Å². The highest BCUT2D eigenvalue weighted by atomic mass is 32.2. The van der Waals surface area contributed by atoms with E-state index >= 15 is 0 Å². The summed E-state index contributed by atoms with van der Waals surface area (Å²) in [6.07, 6.45) is 4.24. The summed E-state index contributed by atoms with van der Waals surface area (Å²) in [6.45, 7) is 7.01. The van der Waals surface area contributed by atoms with Gasteiger partial charge in [0.2, 0.25) is 5.78 Å². The average molecular weight is 633 g/mol. The maximum absolute atomic E-state index is 14.0. The quantitative estimate of drug-likeness (QED) is 0.0287. The van der Waals surface area contributed by atoms with E-state index < -0.39 is 5.97 Å². The number of thioether (sulfide) groups is 1. The number of rotatable bonds is 15. The topological polar surface area (TPSA) is 77.7 Å². The molecule has 46 heavy (non-hydrogen) atoms. The summed E-state index contributed by atoms with van der Waals surface area (Å²) in [5.74, 6) is -0.159. The van der Waals surface area contributed by atoms with E-state index in [4.69, 9.17) is 4.84 Å². The van der Waals surface area contributed by atoms with Crippen molar-refractivity contribution in [3.63, 3.8) is 0 Å². The van der Waals surface area contributed by atoms with E-state index in [-0.39, 0.29) is 23.7 Å². The van der Waals surface area contributed by atoms with Crippen LogP contribution < -0.4 is 0 Å². The number of nitrogens with zero attached hydrogens (tertiary/aromatic N) is 2. The maximum Gasteiger partial charge on any atom is 0.335 e. The first-order valence-corrected chi connectivity index (χ1v) is 17.1. The van der Waals surface area contributed by atoms with Crippen molar-refractivity contribution < 1.29 is 19.2 Å². The van der Waals surface area contributed by atoms with Crippen molar-refractivity contribution in [3.05, 3.63) is 113 Å². The van der Waals surface area contributed by atoms with Crippen LogP contribution >= 0.6 is 11.8 Å². The van der Waals surface area contributed by atoms with Crippen molar-refractivity contribution in [2.75, 3.05) is 5.75 Å². The van der Waals surface area contributed by atoms with Crippen LogP contribution in [0.2, 0.25) is 0 Å². The van der Waals surface area contributed by atoms with E-state index in [2.05, 4.69) is 54.8 Å².